The molecule has 0 unspecified atom stereocenters. The van der Waals surface area contributed by atoms with Gasteiger partial charge in [-0.15, -0.1) is 0 Å². The number of rotatable bonds is 4. The molecule has 0 bridgehead atoms. The van der Waals surface area contributed by atoms with E-state index in [2.05, 4.69) is 30.2 Å². The minimum atomic E-state index is -0.232. The molecular weight excluding hydrogens is 394 g/mol. The molecule has 9 nitrogen and oxygen atoms in total. The number of imidazole rings is 1. The van der Waals surface area contributed by atoms with Gasteiger partial charge in [-0.2, -0.15) is 0 Å². The van der Waals surface area contributed by atoms with Gasteiger partial charge in [0.25, 0.3) is 5.91 Å². The van der Waals surface area contributed by atoms with Crippen molar-refractivity contribution in [2.45, 2.75) is 0 Å². The SMILES string of the molecule is Cn1cncc1-c1cc2cc(NC(=O)c3ccnc(N4CCOCC4)c3)ncc2cn1. The Balaban J connectivity index is 1.38. The number of aromatic nitrogens is 5. The molecule has 1 aliphatic rings. The number of carbonyl (C=O) groups excluding carboxylic acids is 1. The molecule has 5 rings (SSSR count). The third kappa shape index (κ3) is 3.95. The first-order chi connectivity index (χ1) is 15.2. The van der Waals surface area contributed by atoms with Gasteiger partial charge < -0.3 is 19.5 Å². The van der Waals surface area contributed by atoms with Crippen molar-refractivity contribution >= 4 is 28.3 Å². The van der Waals surface area contributed by atoms with E-state index in [1.807, 2.05) is 23.7 Å². The van der Waals surface area contributed by atoms with Crippen LogP contribution in [0.3, 0.4) is 0 Å². The van der Waals surface area contributed by atoms with Gasteiger partial charge in [-0.3, -0.25) is 9.78 Å². The third-order valence-corrected chi connectivity index (χ3v) is 5.27. The van der Waals surface area contributed by atoms with E-state index in [1.54, 1.807) is 43.2 Å². The fourth-order valence-electron chi connectivity index (χ4n) is 3.56. The Morgan fingerprint density at radius 1 is 1.03 bits per heavy atom. The fraction of sp³-hybridized carbons (Fsp3) is 0.227. The van der Waals surface area contributed by atoms with E-state index >= 15 is 0 Å². The van der Waals surface area contributed by atoms with Crippen molar-refractivity contribution in [2.75, 3.05) is 36.5 Å². The quantitative estimate of drug-likeness (QED) is 0.547. The lowest BCUT2D eigenvalue weighted by Gasteiger charge is -2.27. The number of hydrogen-bond donors (Lipinski definition) is 1. The predicted octanol–water partition coefficient (Wildman–Crippen LogP) is 2.51. The Morgan fingerprint density at radius 2 is 1.87 bits per heavy atom. The van der Waals surface area contributed by atoms with Crippen LogP contribution in [-0.4, -0.2) is 56.7 Å². The molecule has 0 radical (unpaired) electrons. The first-order valence-corrected chi connectivity index (χ1v) is 10.00. The van der Waals surface area contributed by atoms with Crippen molar-refractivity contribution in [3.8, 4) is 11.4 Å². The highest BCUT2D eigenvalue weighted by Gasteiger charge is 2.15. The zero-order valence-corrected chi connectivity index (χ0v) is 17.0. The summed E-state index contributed by atoms with van der Waals surface area (Å²) in [6, 6.07) is 7.31. The second-order valence-electron chi connectivity index (χ2n) is 7.33. The maximum absolute atomic E-state index is 12.8. The maximum Gasteiger partial charge on any atom is 0.257 e. The van der Waals surface area contributed by atoms with Crippen LogP contribution in [0.15, 0.2) is 55.4 Å². The van der Waals surface area contributed by atoms with E-state index in [4.69, 9.17) is 4.74 Å². The van der Waals surface area contributed by atoms with Crippen LogP contribution < -0.4 is 10.2 Å². The number of ether oxygens (including phenoxy) is 1. The molecule has 1 aliphatic heterocycles. The van der Waals surface area contributed by atoms with Crippen LogP contribution in [0.5, 0.6) is 0 Å². The minimum Gasteiger partial charge on any atom is -0.378 e. The van der Waals surface area contributed by atoms with Crippen molar-refractivity contribution < 1.29 is 9.53 Å². The van der Waals surface area contributed by atoms with Gasteiger partial charge in [0.2, 0.25) is 0 Å². The molecule has 1 N–H and O–H groups in total. The zero-order chi connectivity index (χ0) is 21.2. The number of carbonyl (C=O) groups is 1. The summed E-state index contributed by atoms with van der Waals surface area (Å²) >= 11 is 0. The van der Waals surface area contributed by atoms with E-state index in [-0.39, 0.29) is 5.91 Å². The lowest BCUT2D eigenvalue weighted by molar-refractivity contribution is 0.102. The van der Waals surface area contributed by atoms with Crippen molar-refractivity contribution in [2.24, 2.45) is 7.05 Å². The second kappa shape index (κ2) is 8.11. The van der Waals surface area contributed by atoms with Gasteiger partial charge in [0.1, 0.15) is 11.6 Å². The summed E-state index contributed by atoms with van der Waals surface area (Å²) in [7, 11) is 1.92. The first kappa shape index (κ1) is 19.1. The van der Waals surface area contributed by atoms with Crippen LogP contribution >= 0.6 is 0 Å². The smallest absolute Gasteiger partial charge is 0.257 e. The molecule has 4 aromatic heterocycles. The van der Waals surface area contributed by atoms with E-state index in [1.165, 1.54) is 0 Å². The van der Waals surface area contributed by atoms with Gasteiger partial charge in [-0.05, 0) is 29.7 Å². The Morgan fingerprint density at radius 3 is 2.68 bits per heavy atom. The molecular formula is C22H21N7O2. The zero-order valence-electron chi connectivity index (χ0n) is 17.0. The highest BCUT2D eigenvalue weighted by atomic mass is 16.5. The number of anilines is 2. The molecule has 1 saturated heterocycles. The topological polar surface area (TPSA) is 98.1 Å². The average molecular weight is 415 g/mol. The normalized spacial score (nSPS) is 14.0. The highest BCUT2D eigenvalue weighted by Crippen LogP contribution is 2.23. The van der Waals surface area contributed by atoms with Crippen LogP contribution in [0.2, 0.25) is 0 Å². The molecule has 31 heavy (non-hydrogen) atoms. The van der Waals surface area contributed by atoms with Crippen molar-refractivity contribution in [3.05, 3.63) is 60.9 Å². The number of aryl methyl sites for hydroxylation is 1. The highest BCUT2D eigenvalue weighted by molar-refractivity contribution is 6.05. The number of fused-ring (bicyclic) bond motifs is 1. The fourth-order valence-corrected chi connectivity index (χ4v) is 3.56. The van der Waals surface area contributed by atoms with Crippen molar-refractivity contribution in [1.29, 1.82) is 0 Å². The average Bonchev–Trinajstić information content (AvgIpc) is 3.25. The Labute approximate surface area is 178 Å². The Kier molecular flexibility index (Phi) is 5.01. The Bertz CT molecular complexity index is 1250. The van der Waals surface area contributed by atoms with Gasteiger partial charge in [-0.1, -0.05) is 0 Å². The molecule has 1 fully saturated rings. The number of morpholine rings is 1. The van der Waals surface area contributed by atoms with Crippen molar-refractivity contribution in [1.82, 2.24) is 24.5 Å². The maximum atomic E-state index is 12.8. The van der Waals surface area contributed by atoms with Gasteiger partial charge in [0.05, 0.1) is 37.1 Å². The van der Waals surface area contributed by atoms with E-state index < -0.39 is 0 Å². The molecule has 0 aliphatic carbocycles. The predicted molar refractivity (Wildman–Crippen MR) is 117 cm³/mol. The van der Waals surface area contributed by atoms with Crippen LogP contribution in [0.1, 0.15) is 10.4 Å². The monoisotopic (exact) mass is 415 g/mol. The number of nitrogens with zero attached hydrogens (tertiary/aromatic N) is 6. The Hall–Kier alpha value is -3.85. The largest absolute Gasteiger partial charge is 0.378 e. The molecule has 0 saturated carbocycles. The summed E-state index contributed by atoms with van der Waals surface area (Å²) in [6.45, 7) is 2.85. The van der Waals surface area contributed by atoms with Gasteiger partial charge in [0.15, 0.2) is 0 Å². The van der Waals surface area contributed by atoms with Gasteiger partial charge in [0, 0.05) is 49.7 Å². The van der Waals surface area contributed by atoms with E-state index in [0.29, 0.717) is 24.6 Å². The number of pyridine rings is 3. The van der Waals surface area contributed by atoms with E-state index in [9.17, 15) is 4.79 Å². The molecule has 156 valence electrons. The molecule has 0 spiro atoms. The molecule has 9 heteroatoms. The summed E-state index contributed by atoms with van der Waals surface area (Å²) in [5, 5.41) is 4.71. The standard InChI is InChI=1S/C22H21N7O2/c1-28-14-23-13-19(28)18-8-16-9-20(26-12-17(16)11-25-18)27-22(30)15-2-3-24-21(10-15)29-4-6-31-7-5-29/h2-3,8-14H,4-7H2,1H3,(H,26,27,30). The van der Waals surface area contributed by atoms with E-state index in [0.717, 1.165) is 41.1 Å². The van der Waals surface area contributed by atoms with Gasteiger partial charge >= 0.3 is 0 Å². The molecule has 0 atom stereocenters. The number of nitrogens with one attached hydrogen (secondary N) is 1. The lowest BCUT2D eigenvalue weighted by atomic mass is 10.1. The number of hydrogen-bond acceptors (Lipinski definition) is 7. The summed E-state index contributed by atoms with van der Waals surface area (Å²) in [6.07, 6.45) is 8.64. The van der Waals surface area contributed by atoms with Crippen LogP contribution in [0.4, 0.5) is 11.6 Å². The minimum absolute atomic E-state index is 0.232. The second-order valence-corrected chi connectivity index (χ2v) is 7.33. The summed E-state index contributed by atoms with van der Waals surface area (Å²) in [5.74, 6) is 1.02. The number of amides is 1. The van der Waals surface area contributed by atoms with Gasteiger partial charge in [-0.25, -0.2) is 15.0 Å². The molecule has 0 aromatic carbocycles. The molecule has 4 aromatic rings. The van der Waals surface area contributed by atoms with Crippen LogP contribution in [0, 0.1) is 0 Å². The lowest BCUT2D eigenvalue weighted by Crippen LogP contribution is -2.36. The third-order valence-electron chi connectivity index (χ3n) is 5.27. The summed E-state index contributed by atoms with van der Waals surface area (Å²) in [4.78, 5) is 32.3. The van der Waals surface area contributed by atoms with Crippen molar-refractivity contribution in [3.63, 3.8) is 0 Å². The van der Waals surface area contributed by atoms with Crippen LogP contribution in [-0.2, 0) is 11.8 Å². The summed E-state index contributed by atoms with van der Waals surface area (Å²) < 4.78 is 7.30. The van der Waals surface area contributed by atoms with Crippen LogP contribution in [0.25, 0.3) is 22.2 Å². The first-order valence-electron chi connectivity index (χ1n) is 10.00. The molecule has 1 amide bonds. The molecule has 5 heterocycles. The summed E-state index contributed by atoms with van der Waals surface area (Å²) in [5.41, 5.74) is 2.25.